The highest BCUT2D eigenvalue weighted by molar-refractivity contribution is 9.09. The molecule has 306 valence electrons. The molecule has 0 saturated heterocycles. The zero-order valence-corrected chi connectivity index (χ0v) is 34.8. The van der Waals surface area contributed by atoms with Crippen LogP contribution >= 0.6 is 27.5 Å². The van der Waals surface area contributed by atoms with Gasteiger partial charge in [-0.1, -0.05) is 41.4 Å². The minimum Gasteiger partial charge on any atom is -0.461 e. The van der Waals surface area contributed by atoms with Crippen LogP contribution in [0.5, 0.6) is 0 Å². The van der Waals surface area contributed by atoms with E-state index in [1.54, 1.807) is 0 Å². The van der Waals surface area contributed by atoms with Gasteiger partial charge in [-0.2, -0.15) is 0 Å². The van der Waals surface area contributed by atoms with Crippen molar-refractivity contribution in [3.8, 4) is 0 Å². The molecule has 8 rings (SSSR count). The molecule has 0 heterocycles. The number of ether oxygens (including phenoxy) is 2. The highest BCUT2D eigenvalue weighted by Crippen LogP contribution is 2.68. The van der Waals surface area contributed by atoms with Crippen LogP contribution in [0.1, 0.15) is 111 Å². The lowest BCUT2D eigenvalue weighted by Crippen LogP contribution is -2.60. The largest absolute Gasteiger partial charge is 0.461 e. The van der Waals surface area contributed by atoms with Crippen molar-refractivity contribution in [3.05, 3.63) is 11.6 Å². The van der Waals surface area contributed by atoms with Gasteiger partial charge in [-0.15, -0.1) is 11.6 Å². The Balaban J connectivity index is 0.000000167. The Labute approximate surface area is 333 Å². The van der Waals surface area contributed by atoms with Gasteiger partial charge in [0, 0.05) is 24.7 Å². The minimum absolute atomic E-state index is 0.00383. The van der Waals surface area contributed by atoms with Gasteiger partial charge in [0.05, 0.1) is 47.8 Å². The van der Waals surface area contributed by atoms with Crippen LogP contribution in [0.2, 0.25) is 0 Å². The molecule has 0 aromatic heterocycles. The summed E-state index contributed by atoms with van der Waals surface area (Å²) in [7, 11) is 0. The number of halogens is 2. The molecule has 0 aromatic rings. The first kappa shape index (κ1) is 41.4. The fourth-order valence-electron chi connectivity index (χ4n) is 14.6. The number of carbonyl (C=O) groups is 2. The molecule has 0 aromatic carbocycles. The Morgan fingerprint density at radius 3 is 2.00 bits per heavy atom. The van der Waals surface area contributed by atoms with Crippen molar-refractivity contribution >= 4 is 39.5 Å². The maximum atomic E-state index is 11.7. The van der Waals surface area contributed by atoms with Gasteiger partial charge < -0.3 is 40.1 Å². The molecule has 0 spiro atoms. The third-order valence-electron chi connectivity index (χ3n) is 17.2. The summed E-state index contributed by atoms with van der Waals surface area (Å²) in [6.45, 7) is 7.36. The normalized spacial score (nSPS) is 53.1. The van der Waals surface area contributed by atoms with E-state index in [-0.39, 0.29) is 88.2 Å². The Hall–Kier alpha value is -0.790. The summed E-state index contributed by atoms with van der Waals surface area (Å²) in [4.78, 5) is 23.3. The van der Waals surface area contributed by atoms with Gasteiger partial charge in [0.25, 0.3) is 0 Å². The van der Waals surface area contributed by atoms with Gasteiger partial charge in [-0.25, -0.2) is 0 Å². The highest BCUT2D eigenvalue weighted by atomic mass is 79.9. The summed E-state index contributed by atoms with van der Waals surface area (Å²) in [6.07, 6.45) is 10.1. The standard InChI is InChI=1S/C21H31BrO5.C21H33ClO5/c2*1-11(24)27-19-16(22)9-15-18-14(4-6-21(15,19)10-23)20(2)5-3-13(25)7-12(20)8-17(18)26/h8,13-19,23,25-26H,3-7,9-10H2,1-2H3;12-19,23,25-26H,3-10H2,1-2H3/t13-,14?,15?,16+,17-,18?,19-,20-,21+;12?,13-,14?,15?,16+,17-,18?,19-,20-,21+/m00/s1. The van der Waals surface area contributed by atoms with E-state index in [4.69, 9.17) is 21.1 Å². The fourth-order valence-corrected chi connectivity index (χ4v) is 16.2. The molecule has 19 atom stereocenters. The Morgan fingerprint density at radius 1 is 0.759 bits per heavy atom. The molecule has 6 N–H and O–H groups in total. The van der Waals surface area contributed by atoms with Crippen molar-refractivity contribution in [1.29, 1.82) is 0 Å². The highest BCUT2D eigenvalue weighted by Gasteiger charge is 2.68. The molecule has 8 aliphatic carbocycles. The summed E-state index contributed by atoms with van der Waals surface area (Å²) in [5.41, 5.74) is 0.296. The predicted octanol–water partition coefficient (Wildman–Crippen LogP) is 5.04. The molecule has 54 heavy (non-hydrogen) atoms. The molecule has 0 bridgehead atoms. The average molecular weight is 844 g/mol. The number of rotatable bonds is 4. The summed E-state index contributed by atoms with van der Waals surface area (Å²) >= 11 is 10.3. The van der Waals surface area contributed by atoms with Gasteiger partial charge in [-0.3, -0.25) is 9.59 Å². The number of hydrogen-bond acceptors (Lipinski definition) is 10. The SMILES string of the molecule is CC(=O)O[C@H]1[C@H](Br)CC2C3C(CC[C@@]21CO)[C@@]1(C)CC[C@H](O)CC1=C[C@@H]3O.CC(=O)O[C@H]1[C@H](Cl)CC2C3C(CC[C@@]21CO)[C@@]1(C)CC[C@H](O)CC1C[C@@H]3O. The molecule has 0 radical (unpaired) electrons. The second kappa shape index (κ2) is 15.1. The topological polar surface area (TPSA) is 174 Å². The van der Waals surface area contributed by atoms with Gasteiger partial charge in [-0.05, 0) is 136 Å². The lowest BCUT2D eigenvalue weighted by atomic mass is 9.44. The maximum Gasteiger partial charge on any atom is 0.302 e. The van der Waals surface area contributed by atoms with Crippen molar-refractivity contribution < 1.29 is 49.7 Å². The van der Waals surface area contributed by atoms with Gasteiger partial charge >= 0.3 is 11.9 Å². The van der Waals surface area contributed by atoms with Crippen molar-refractivity contribution in [2.45, 2.75) is 158 Å². The van der Waals surface area contributed by atoms with Crippen LogP contribution in [0.4, 0.5) is 0 Å². The molecular weight excluding hydrogens is 780 g/mol. The molecule has 0 amide bonds. The Kier molecular flexibility index (Phi) is 11.6. The monoisotopic (exact) mass is 842 g/mol. The average Bonchev–Trinajstić information content (AvgIpc) is 3.55. The molecule has 7 unspecified atom stereocenters. The van der Waals surface area contributed by atoms with Crippen molar-refractivity contribution in [1.82, 2.24) is 0 Å². The Morgan fingerprint density at radius 2 is 1.35 bits per heavy atom. The molecule has 12 heteroatoms. The Bertz CT molecular complexity index is 1460. The first-order valence-electron chi connectivity index (χ1n) is 20.7. The summed E-state index contributed by atoms with van der Waals surface area (Å²) < 4.78 is 11.3. The number of aliphatic hydroxyl groups excluding tert-OH is 6. The predicted molar refractivity (Wildman–Crippen MR) is 205 cm³/mol. The fraction of sp³-hybridized carbons (Fsp3) is 0.905. The number of alkyl halides is 2. The van der Waals surface area contributed by atoms with Crippen molar-refractivity contribution in [2.75, 3.05) is 13.2 Å². The van der Waals surface area contributed by atoms with E-state index in [2.05, 4.69) is 29.8 Å². The zero-order chi connectivity index (χ0) is 39.1. The van der Waals surface area contributed by atoms with Crippen LogP contribution in [0.15, 0.2) is 11.6 Å². The zero-order valence-electron chi connectivity index (χ0n) is 32.4. The smallest absolute Gasteiger partial charge is 0.302 e. The van der Waals surface area contributed by atoms with Crippen LogP contribution in [0.3, 0.4) is 0 Å². The maximum absolute atomic E-state index is 11.7. The second-order valence-corrected chi connectivity index (χ2v) is 21.2. The molecule has 7 saturated carbocycles. The summed E-state index contributed by atoms with van der Waals surface area (Å²) in [6, 6.07) is 0. The van der Waals surface area contributed by atoms with Gasteiger partial charge in [0.15, 0.2) is 0 Å². The molecule has 7 fully saturated rings. The number of carbonyl (C=O) groups excluding carboxylic acids is 2. The van der Waals surface area contributed by atoms with E-state index < -0.39 is 29.1 Å². The number of aliphatic hydroxyl groups is 6. The first-order valence-corrected chi connectivity index (χ1v) is 22.1. The van der Waals surface area contributed by atoms with Crippen LogP contribution < -0.4 is 0 Å². The van der Waals surface area contributed by atoms with Crippen LogP contribution in [0, 0.1) is 63.1 Å². The number of fused-ring (bicyclic) bond motifs is 10. The van der Waals surface area contributed by atoms with E-state index in [9.17, 15) is 40.2 Å². The number of esters is 2. The van der Waals surface area contributed by atoms with Gasteiger partial charge in [0.1, 0.15) is 12.2 Å². The van der Waals surface area contributed by atoms with E-state index in [0.717, 1.165) is 64.2 Å². The quantitative estimate of drug-likeness (QED) is 0.128. The van der Waals surface area contributed by atoms with E-state index in [0.29, 0.717) is 37.0 Å². The van der Waals surface area contributed by atoms with E-state index in [1.165, 1.54) is 19.4 Å². The summed E-state index contributed by atoms with van der Waals surface area (Å²) in [5.74, 6) is 0.651. The van der Waals surface area contributed by atoms with Crippen LogP contribution in [-0.4, -0.2) is 103 Å². The van der Waals surface area contributed by atoms with Crippen molar-refractivity contribution in [3.63, 3.8) is 0 Å². The third-order valence-corrected chi connectivity index (χ3v) is 18.5. The molecular formula is C42H64BrClO10. The van der Waals surface area contributed by atoms with E-state index in [1.807, 2.05) is 6.08 Å². The molecule has 0 aliphatic heterocycles. The summed E-state index contributed by atoms with van der Waals surface area (Å²) in [5, 5.41) is 63.0. The minimum atomic E-state index is -0.574. The first-order chi connectivity index (χ1) is 25.5. The molecule has 8 aliphatic rings. The third kappa shape index (κ3) is 6.47. The lowest BCUT2D eigenvalue weighted by Gasteiger charge is -2.62. The van der Waals surface area contributed by atoms with Crippen molar-refractivity contribution in [2.24, 2.45) is 63.1 Å². The van der Waals surface area contributed by atoms with Gasteiger partial charge in [0.2, 0.25) is 0 Å². The van der Waals surface area contributed by atoms with E-state index >= 15 is 0 Å². The lowest BCUT2D eigenvalue weighted by molar-refractivity contribution is -0.194. The number of hydrogen-bond donors (Lipinski definition) is 6. The molecule has 10 nitrogen and oxygen atoms in total. The second-order valence-electron chi connectivity index (χ2n) is 19.4. The van der Waals surface area contributed by atoms with Crippen LogP contribution in [0.25, 0.3) is 0 Å². The van der Waals surface area contributed by atoms with Crippen LogP contribution in [-0.2, 0) is 19.1 Å².